The van der Waals surface area contributed by atoms with Gasteiger partial charge in [0, 0.05) is 38.4 Å². The minimum Gasteiger partial charge on any atom is -0.247 e. The number of fused-ring (bicyclic) bond motifs is 6. The molecule has 11 rings (SSSR count). The molecule has 0 amide bonds. The van der Waals surface area contributed by atoms with Crippen molar-refractivity contribution in [2.24, 2.45) is 0 Å². The average molecular weight is 739 g/mol. The number of aromatic nitrogens is 4. The molecule has 0 N–H and O–H groups in total. The van der Waals surface area contributed by atoms with Crippen LogP contribution in [0.1, 0.15) is 0 Å². The summed E-state index contributed by atoms with van der Waals surface area (Å²) in [5.74, 6) is 1.88. The molecule has 0 spiro atoms. The molecule has 4 nitrogen and oxygen atoms in total. The minimum atomic E-state index is 0.617. The Morgan fingerprint density at radius 2 is 0.724 bits per heavy atom. The first-order chi connectivity index (χ1) is 28.7. The first-order valence-electron chi connectivity index (χ1n) is 19.6. The zero-order valence-corrected chi connectivity index (χ0v) is 31.4. The van der Waals surface area contributed by atoms with Gasteiger partial charge in [0.2, 0.25) is 0 Å². The van der Waals surface area contributed by atoms with Crippen molar-refractivity contribution >= 4 is 43.2 Å². The molecule has 0 radical (unpaired) electrons. The van der Waals surface area contributed by atoms with Gasteiger partial charge < -0.3 is 0 Å². The first-order valence-corrected chi connectivity index (χ1v) is 19.6. The van der Waals surface area contributed by atoms with Crippen molar-refractivity contribution in [3.05, 3.63) is 206 Å². The van der Waals surface area contributed by atoms with E-state index in [9.17, 15) is 0 Å². The average Bonchev–Trinajstić information content (AvgIpc) is 3.31. The van der Waals surface area contributed by atoms with Crippen LogP contribution in [-0.2, 0) is 0 Å². The van der Waals surface area contributed by atoms with Crippen LogP contribution < -0.4 is 0 Å². The van der Waals surface area contributed by atoms with Gasteiger partial charge in [0.05, 0.1) is 11.2 Å². The van der Waals surface area contributed by atoms with Crippen LogP contribution in [0.3, 0.4) is 0 Å². The van der Waals surface area contributed by atoms with Gasteiger partial charge in [-0.25, -0.2) is 19.9 Å². The molecule has 270 valence electrons. The molecule has 0 atom stereocenters. The Bertz CT molecular complexity index is 3260. The van der Waals surface area contributed by atoms with E-state index in [1.54, 1.807) is 0 Å². The monoisotopic (exact) mass is 738 g/mol. The summed E-state index contributed by atoms with van der Waals surface area (Å²) in [6.45, 7) is 0. The van der Waals surface area contributed by atoms with Crippen molar-refractivity contribution in [1.29, 1.82) is 0 Å². The SMILES string of the molecule is c1ccc(-c2nc(-c3ccccc3)nc(-c3cc(-c4cccc5ccccc45)cc(-c4cccc5c4ccc4c(-c6ccccc6)nc6ccccc6c45)c3)n2)cc1. The number of pyridine rings is 1. The fraction of sp³-hybridized carbons (Fsp3) is 0. The van der Waals surface area contributed by atoms with E-state index in [0.29, 0.717) is 17.5 Å². The maximum atomic E-state index is 5.22. The molecule has 4 heteroatoms. The first kappa shape index (κ1) is 33.5. The number of para-hydroxylation sites is 1. The number of hydrogen-bond donors (Lipinski definition) is 0. The normalized spacial score (nSPS) is 11.4. The van der Waals surface area contributed by atoms with Gasteiger partial charge in [0.15, 0.2) is 17.5 Å². The van der Waals surface area contributed by atoms with Crippen LogP contribution in [0.5, 0.6) is 0 Å². The maximum Gasteiger partial charge on any atom is 0.164 e. The van der Waals surface area contributed by atoms with Gasteiger partial charge in [0.1, 0.15) is 0 Å². The summed E-state index contributed by atoms with van der Waals surface area (Å²) >= 11 is 0. The maximum absolute atomic E-state index is 5.22. The van der Waals surface area contributed by atoms with E-state index >= 15 is 0 Å². The van der Waals surface area contributed by atoms with Crippen LogP contribution in [0, 0.1) is 0 Å². The number of benzene rings is 9. The molecule has 0 saturated carbocycles. The van der Waals surface area contributed by atoms with Crippen LogP contribution in [-0.4, -0.2) is 19.9 Å². The van der Waals surface area contributed by atoms with Gasteiger partial charge in [-0.3, -0.25) is 0 Å². The van der Waals surface area contributed by atoms with Gasteiger partial charge in [-0.2, -0.15) is 0 Å². The third-order valence-corrected chi connectivity index (χ3v) is 11.1. The van der Waals surface area contributed by atoms with Crippen LogP contribution in [0.15, 0.2) is 206 Å². The van der Waals surface area contributed by atoms with Gasteiger partial charge in [0.25, 0.3) is 0 Å². The molecule has 2 aromatic heterocycles. The summed E-state index contributed by atoms with van der Waals surface area (Å²) in [5, 5.41) is 8.19. The molecule has 0 aliphatic rings. The lowest BCUT2D eigenvalue weighted by Crippen LogP contribution is -2.00. The van der Waals surface area contributed by atoms with E-state index < -0.39 is 0 Å². The highest BCUT2D eigenvalue weighted by Crippen LogP contribution is 2.42. The second-order valence-electron chi connectivity index (χ2n) is 14.6. The van der Waals surface area contributed by atoms with Gasteiger partial charge in [-0.15, -0.1) is 0 Å². The molecule has 0 saturated heterocycles. The molecule has 0 unspecified atom stereocenters. The fourth-order valence-electron chi connectivity index (χ4n) is 8.36. The molecule has 2 heterocycles. The van der Waals surface area contributed by atoms with Crippen LogP contribution >= 0.6 is 0 Å². The van der Waals surface area contributed by atoms with Gasteiger partial charge in [-0.05, 0) is 68.1 Å². The van der Waals surface area contributed by atoms with Crippen LogP contribution in [0.25, 0.3) is 111 Å². The topological polar surface area (TPSA) is 51.6 Å². The summed E-state index contributed by atoms with van der Waals surface area (Å²) in [5.41, 5.74) is 10.3. The largest absolute Gasteiger partial charge is 0.247 e. The standard InChI is InChI=1S/C54H34N4/c1-4-17-36(18-5-1)51-48-31-30-45-44(27-15-28-46(45)50(48)47-25-12-13-29-49(47)55-51)40-32-39(43-26-14-23-35-16-10-11-24-42(35)43)33-41(34-40)54-57-52(37-19-6-2-7-20-37)56-53(58-54)38-21-8-3-9-22-38/h1-34H. The Morgan fingerprint density at radius 1 is 0.259 bits per heavy atom. The number of hydrogen-bond acceptors (Lipinski definition) is 4. The Hall–Kier alpha value is -7.82. The van der Waals surface area contributed by atoms with Crippen molar-refractivity contribution in [2.45, 2.75) is 0 Å². The Labute approximate surface area is 335 Å². The van der Waals surface area contributed by atoms with E-state index in [4.69, 9.17) is 19.9 Å². The van der Waals surface area contributed by atoms with Crippen molar-refractivity contribution in [3.8, 4) is 67.7 Å². The lowest BCUT2D eigenvalue weighted by Gasteiger charge is -2.16. The van der Waals surface area contributed by atoms with E-state index in [1.165, 1.54) is 21.5 Å². The quantitative estimate of drug-likeness (QED) is 0.159. The smallest absolute Gasteiger partial charge is 0.164 e. The Morgan fingerprint density at radius 3 is 1.40 bits per heavy atom. The van der Waals surface area contributed by atoms with E-state index in [2.05, 4.69) is 170 Å². The molecule has 0 bridgehead atoms. The van der Waals surface area contributed by atoms with Crippen molar-refractivity contribution < 1.29 is 0 Å². The number of nitrogens with zero attached hydrogens (tertiary/aromatic N) is 4. The molecule has 0 aliphatic carbocycles. The molecule has 11 aromatic rings. The minimum absolute atomic E-state index is 0.617. The molecule has 0 aliphatic heterocycles. The summed E-state index contributed by atoms with van der Waals surface area (Å²) in [7, 11) is 0. The predicted molar refractivity (Wildman–Crippen MR) is 240 cm³/mol. The highest BCUT2D eigenvalue weighted by atomic mass is 15.0. The van der Waals surface area contributed by atoms with E-state index in [1.807, 2.05) is 36.4 Å². The van der Waals surface area contributed by atoms with Gasteiger partial charge in [-0.1, -0.05) is 182 Å². The van der Waals surface area contributed by atoms with Gasteiger partial charge >= 0.3 is 0 Å². The molecule has 58 heavy (non-hydrogen) atoms. The van der Waals surface area contributed by atoms with E-state index in [0.717, 1.165) is 71.9 Å². The van der Waals surface area contributed by atoms with Crippen molar-refractivity contribution in [1.82, 2.24) is 19.9 Å². The zero-order chi connectivity index (χ0) is 38.4. The zero-order valence-electron chi connectivity index (χ0n) is 31.4. The second kappa shape index (κ2) is 14.0. The lowest BCUT2D eigenvalue weighted by atomic mass is 9.89. The van der Waals surface area contributed by atoms with E-state index in [-0.39, 0.29) is 0 Å². The Kier molecular flexibility index (Phi) is 8.11. The third-order valence-electron chi connectivity index (χ3n) is 11.1. The highest BCUT2D eigenvalue weighted by molar-refractivity contribution is 6.24. The fourth-order valence-corrected chi connectivity index (χ4v) is 8.36. The summed E-state index contributed by atoms with van der Waals surface area (Å²) in [6.07, 6.45) is 0. The van der Waals surface area contributed by atoms with Crippen molar-refractivity contribution in [3.63, 3.8) is 0 Å². The molecule has 0 fully saturated rings. The Balaban J connectivity index is 1.19. The molecular formula is C54H34N4. The van der Waals surface area contributed by atoms with Crippen LogP contribution in [0.2, 0.25) is 0 Å². The van der Waals surface area contributed by atoms with Crippen LogP contribution in [0.4, 0.5) is 0 Å². The lowest BCUT2D eigenvalue weighted by molar-refractivity contribution is 1.07. The summed E-state index contributed by atoms with van der Waals surface area (Å²) in [6, 6.07) is 72.4. The summed E-state index contributed by atoms with van der Waals surface area (Å²) < 4.78 is 0. The molecule has 9 aromatic carbocycles. The number of rotatable bonds is 6. The molecular weight excluding hydrogens is 705 g/mol. The highest BCUT2D eigenvalue weighted by Gasteiger charge is 2.18. The van der Waals surface area contributed by atoms with Crippen molar-refractivity contribution in [2.75, 3.05) is 0 Å². The predicted octanol–water partition coefficient (Wildman–Crippen LogP) is 13.9. The third kappa shape index (κ3) is 5.87. The summed E-state index contributed by atoms with van der Waals surface area (Å²) in [4.78, 5) is 20.6. The second-order valence-corrected chi connectivity index (χ2v) is 14.6.